The number of aliphatic hydroxyl groups is 1. The first-order valence-electron chi connectivity index (χ1n) is 5.67. The number of hydrogen-bond donors (Lipinski definition) is 1. The Balaban J connectivity index is 2.83. The van der Waals surface area contributed by atoms with Gasteiger partial charge in [-0.25, -0.2) is 4.98 Å². The van der Waals surface area contributed by atoms with Gasteiger partial charge in [0.2, 0.25) is 0 Å². The van der Waals surface area contributed by atoms with Crippen molar-refractivity contribution >= 4 is 16.5 Å². The van der Waals surface area contributed by atoms with Gasteiger partial charge in [-0.15, -0.1) is 0 Å². The molecule has 0 radical (unpaired) electrons. The number of nitrogens with zero attached hydrogens (tertiary/aromatic N) is 2. The molecular weight excluding hydrogens is 236 g/mol. The van der Waals surface area contributed by atoms with Crippen LogP contribution >= 0.6 is 11.3 Å². The summed E-state index contributed by atoms with van der Waals surface area (Å²) in [7, 11) is 3.67. The zero-order valence-electron chi connectivity index (χ0n) is 11.3. The Morgan fingerprint density at radius 3 is 2.53 bits per heavy atom. The Kier molecular flexibility index (Phi) is 4.91. The van der Waals surface area contributed by atoms with Crippen LogP contribution in [-0.4, -0.2) is 30.8 Å². The lowest BCUT2D eigenvalue weighted by Crippen LogP contribution is -2.28. The second-order valence-electron chi connectivity index (χ2n) is 5.37. The summed E-state index contributed by atoms with van der Waals surface area (Å²) in [6.07, 6.45) is 0. The SMILES string of the molecule is COCc1nc(N(C)CC(C)(C)C)sc1CO. The molecule has 0 bridgehead atoms. The molecule has 1 aromatic heterocycles. The van der Waals surface area contributed by atoms with Crippen LogP contribution in [0.5, 0.6) is 0 Å². The van der Waals surface area contributed by atoms with Gasteiger partial charge in [0, 0.05) is 20.7 Å². The van der Waals surface area contributed by atoms with Gasteiger partial charge in [0.1, 0.15) is 0 Å². The van der Waals surface area contributed by atoms with Crippen molar-refractivity contribution in [2.75, 3.05) is 25.6 Å². The third-order valence-corrected chi connectivity index (χ3v) is 3.43. The summed E-state index contributed by atoms with van der Waals surface area (Å²) in [5.74, 6) is 0. The zero-order chi connectivity index (χ0) is 13.1. The Bertz CT molecular complexity index is 358. The second kappa shape index (κ2) is 5.80. The summed E-state index contributed by atoms with van der Waals surface area (Å²) in [5, 5.41) is 10.2. The molecule has 0 aromatic carbocycles. The highest BCUT2D eigenvalue weighted by Crippen LogP contribution is 2.28. The molecule has 0 aliphatic carbocycles. The van der Waals surface area contributed by atoms with Gasteiger partial charge in [0.15, 0.2) is 5.13 Å². The molecule has 0 aliphatic rings. The number of ether oxygens (including phenoxy) is 1. The summed E-state index contributed by atoms with van der Waals surface area (Å²) < 4.78 is 5.08. The minimum absolute atomic E-state index is 0.0275. The molecule has 0 atom stereocenters. The van der Waals surface area contributed by atoms with Gasteiger partial charge < -0.3 is 14.7 Å². The predicted octanol–water partition coefficient (Wildman–Crippen LogP) is 2.26. The van der Waals surface area contributed by atoms with E-state index in [0.29, 0.717) is 6.61 Å². The number of aromatic nitrogens is 1. The molecule has 1 heterocycles. The molecule has 0 saturated carbocycles. The highest BCUT2D eigenvalue weighted by molar-refractivity contribution is 7.15. The highest BCUT2D eigenvalue weighted by atomic mass is 32.1. The molecule has 0 saturated heterocycles. The van der Waals surface area contributed by atoms with E-state index in [1.807, 2.05) is 7.05 Å². The molecule has 98 valence electrons. The van der Waals surface area contributed by atoms with Crippen LogP contribution in [0, 0.1) is 5.41 Å². The molecule has 0 amide bonds. The third kappa shape index (κ3) is 4.26. The van der Waals surface area contributed by atoms with Crippen molar-refractivity contribution in [1.29, 1.82) is 0 Å². The van der Waals surface area contributed by atoms with E-state index in [4.69, 9.17) is 4.74 Å². The van der Waals surface area contributed by atoms with Crippen molar-refractivity contribution in [3.05, 3.63) is 10.6 Å². The molecule has 0 fully saturated rings. The quantitative estimate of drug-likeness (QED) is 0.880. The molecule has 4 nitrogen and oxygen atoms in total. The molecule has 17 heavy (non-hydrogen) atoms. The smallest absolute Gasteiger partial charge is 0.185 e. The Hall–Kier alpha value is -0.650. The first-order valence-corrected chi connectivity index (χ1v) is 6.48. The summed E-state index contributed by atoms with van der Waals surface area (Å²) in [6, 6.07) is 0. The van der Waals surface area contributed by atoms with Gasteiger partial charge >= 0.3 is 0 Å². The van der Waals surface area contributed by atoms with E-state index in [2.05, 4.69) is 30.7 Å². The maximum Gasteiger partial charge on any atom is 0.185 e. The van der Waals surface area contributed by atoms with Crippen LogP contribution in [-0.2, 0) is 18.0 Å². The molecule has 0 unspecified atom stereocenters. The fourth-order valence-electron chi connectivity index (χ4n) is 1.69. The number of rotatable bonds is 5. The van der Waals surface area contributed by atoms with Crippen molar-refractivity contribution in [2.45, 2.75) is 34.0 Å². The van der Waals surface area contributed by atoms with E-state index < -0.39 is 0 Å². The van der Waals surface area contributed by atoms with Crippen molar-refractivity contribution in [3.8, 4) is 0 Å². The number of aliphatic hydroxyl groups excluding tert-OH is 1. The van der Waals surface area contributed by atoms with E-state index >= 15 is 0 Å². The average molecular weight is 258 g/mol. The van der Waals surface area contributed by atoms with Crippen LogP contribution in [0.4, 0.5) is 5.13 Å². The van der Waals surface area contributed by atoms with E-state index in [9.17, 15) is 5.11 Å². The Morgan fingerprint density at radius 2 is 2.06 bits per heavy atom. The molecule has 1 N–H and O–H groups in total. The number of hydrogen-bond acceptors (Lipinski definition) is 5. The van der Waals surface area contributed by atoms with Crippen molar-refractivity contribution in [2.24, 2.45) is 5.41 Å². The van der Waals surface area contributed by atoms with Gasteiger partial charge in [-0.2, -0.15) is 0 Å². The fourth-order valence-corrected chi connectivity index (χ4v) is 2.57. The summed E-state index contributed by atoms with van der Waals surface area (Å²) in [6.45, 7) is 7.99. The van der Waals surface area contributed by atoms with Crippen molar-refractivity contribution < 1.29 is 9.84 Å². The highest BCUT2D eigenvalue weighted by Gasteiger charge is 2.18. The summed E-state index contributed by atoms with van der Waals surface area (Å²) in [5.41, 5.74) is 1.07. The maximum atomic E-state index is 9.27. The molecule has 1 aromatic rings. The number of methoxy groups -OCH3 is 1. The van der Waals surface area contributed by atoms with Crippen LogP contribution in [0.25, 0.3) is 0 Å². The number of thiazole rings is 1. The van der Waals surface area contributed by atoms with Gasteiger partial charge in [0.25, 0.3) is 0 Å². The largest absolute Gasteiger partial charge is 0.391 e. The van der Waals surface area contributed by atoms with Crippen LogP contribution < -0.4 is 4.90 Å². The molecule has 5 heteroatoms. The van der Waals surface area contributed by atoms with Gasteiger partial charge in [-0.1, -0.05) is 32.1 Å². The molecule has 1 rings (SSSR count). The monoisotopic (exact) mass is 258 g/mol. The molecule has 0 spiro atoms. The summed E-state index contributed by atoms with van der Waals surface area (Å²) in [4.78, 5) is 7.53. The van der Waals surface area contributed by atoms with Crippen LogP contribution in [0.15, 0.2) is 0 Å². The normalized spacial score (nSPS) is 11.9. The minimum Gasteiger partial charge on any atom is -0.391 e. The van der Waals surface area contributed by atoms with E-state index in [-0.39, 0.29) is 12.0 Å². The zero-order valence-corrected chi connectivity index (χ0v) is 12.1. The predicted molar refractivity (Wildman–Crippen MR) is 71.5 cm³/mol. The lowest BCUT2D eigenvalue weighted by Gasteiger charge is -2.26. The van der Waals surface area contributed by atoms with E-state index in [1.165, 1.54) is 11.3 Å². The van der Waals surface area contributed by atoms with E-state index in [1.54, 1.807) is 7.11 Å². The summed E-state index contributed by atoms with van der Waals surface area (Å²) >= 11 is 1.53. The van der Waals surface area contributed by atoms with Crippen molar-refractivity contribution in [1.82, 2.24) is 4.98 Å². The maximum absolute atomic E-state index is 9.27. The minimum atomic E-state index is 0.0275. The first-order chi connectivity index (χ1) is 7.87. The lowest BCUT2D eigenvalue weighted by molar-refractivity contribution is 0.179. The molecular formula is C12H22N2O2S. The van der Waals surface area contributed by atoms with Crippen LogP contribution in [0.3, 0.4) is 0 Å². The van der Waals surface area contributed by atoms with Crippen LogP contribution in [0.1, 0.15) is 31.3 Å². The van der Waals surface area contributed by atoms with E-state index in [0.717, 1.165) is 22.2 Å². The van der Waals surface area contributed by atoms with Gasteiger partial charge in [-0.05, 0) is 5.41 Å². The average Bonchev–Trinajstić information content (AvgIpc) is 2.59. The van der Waals surface area contributed by atoms with Gasteiger partial charge in [-0.3, -0.25) is 0 Å². The molecule has 0 aliphatic heterocycles. The van der Waals surface area contributed by atoms with Crippen LogP contribution in [0.2, 0.25) is 0 Å². The standard InChI is InChI=1S/C12H22N2O2S/c1-12(2,3)8-14(4)11-13-9(7-16-5)10(6-15)17-11/h15H,6-8H2,1-5H3. The second-order valence-corrected chi connectivity index (χ2v) is 6.44. The first kappa shape index (κ1) is 14.4. The van der Waals surface area contributed by atoms with Crippen molar-refractivity contribution in [3.63, 3.8) is 0 Å². The Labute approximate surface area is 107 Å². The number of anilines is 1. The fraction of sp³-hybridized carbons (Fsp3) is 0.750. The third-order valence-electron chi connectivity index (χ3n) is 2.23. The topological polar surface area (TPSA) is 45.6 Å². The Morgan fingerprint density at radius 1 is 1.41 bits per heavy atom. The van der Waals surface area contributed by atoms with Gasteiger partial charge in [0.05, 0.1) is 23.8 Å². The lowest BCUT2D eigenvalue weighted by atomic mass is 9.96.